The third-order valence-corrected chi connectivity index (χ3v) is 5.17. The van der Waals surface area contributed by atoms with E-state index < -0.39 is 24.9 Å². The summed E-state index contributed by atoms with van der Waals surface area (Å²) >= 11 is 0. The van der Waals surface area contributed by atoms with Crippen LogP contribution in [0.25, 0.3) is 0 Å². The summed E-state index contributed by atoms with van der Waals surface area (Å²) in [7, 11) is -0.0558. The van der Waals surface area contributed by atoms with Crippen molar-refractivity contribution in [2.24, 2.45) is 5.16 Å². The van der Waals surface area contributed by atoms with Gasteiger partial charge in [0.25, 0.3) is 5.91 Å². The molecule has 1 atom stereocenters. The lowest BCUT2D eigenvalue weighted by atomic mass is 9.72. The van der Waals surface area contributed by atoms with Crippen molar-refractivity contribution in [1.29, 1.82) is 0 Å². The molecule has 9 nitrogen and oxygen atoms in total. The zero-order valence-electron chi connectivity index (χ0n) is 16.2. The van der Waals surface area contributed by atoms with Gasteiger partial charge in [-0.1, -0.05) is 29.4 Å². The summed E-state index contributed by atoms with van der Waals surface area (Å²) in [5, 5.41) is 29.5. The molecule has 0 bridgehead atoms. The molecule has 2 aliphatic heterocycles. The predicted molar refractivity (Wildman–Crippen MR) is 108 cm³/mol. The average molecular weight is 409 g/mol. The summed E-state index contributed by atoms with van der Waals surface area (Å²) < 4.78 is 5.42. The SMILES string of the molecule is CO/N=C(\C(=O)N[C@H]1Cc2cccc(C(=O)O)c2OB1O)c1ccc2c(c1)CNC2. The van der Waals surface area contributed by atoms with Crippen LogP contribution < -0.4 is 15.3 Å². The van der Waals surface area contributed by atoms with Gasteiger partial charge in [0.05, 0.1) is 11.5 Å². The summed E-state index contributed by atoms with van der Waals surface area (Å²) in [6, 6.07) is 10.3. The van der Waals surface area contributed by atoms with Gasteiger partial charge < -0.3 is 30.3 Å². The summed E-state index contributed by atoms with van der Waals surface area (Å²) in [5.41, 5.74) is 3.46. The molecule has 0 saturated carbocycles. The Morgan fingerprint density at radius 3 is 2.80 bits per heavy atom. The van der Waals surface area contributed by atoms with Gasteiger partial charge in [-0.2, -0.15) is 0 Å². The molecule has 4 N–H and O–H groups in total. The molecule has 0 aliphatic carbocycles. The van der Waals surface area contributed by atoms with Crippen molar-refractivity contribution in [2.75, 3.05) is 7.11 Å². The van der Waals surface area contributed by atoms with Crippen LogP contribution in [0.1, 0.15) is 32.6 Å². The second-order valence-corrected chi connectivity index (χ2v) is 7.10. The van der Waals surface area contributed by atoms with Crippen molar-refractivity contribution in [3.05, 3.63) is 64.2 Å². The molecule has 1 amide bonds. The Balaban J connectivity index is 1.55. The topological polar surface area (TPSA) is 129 Å². The molecule has 0 spiro atoms. The fraction of sp³-hybridized carbons (Fsp3) is 0.250. The number of oxime groups is 1. The van der Waals surface area contributed by atoms with Crippen LogP contribution in [-0.4, -0.2) is 47.9 Å². The number of amides is 1. The van der Waals surface area contributed by atoms with Crippen LogP contribution >= 0.6 is 0 Å². The van der Waals surface area contributed by atoms with E-state index in [0.717, 1.165) is 17.7 Å². The average Bonchev–Trinajstić information content (AvgIpc) is 3.19. The van der Waals surface area contributed by atoms with E-state index >= 15 is 0 Å². The van der Waals surface area contributed by atoms with Gasteiger partial charge in [-0.05, 0) is 35.2 Å². The molecule has 154 valence electrons. The monoisotopic (exact) mass is 409 g/mol. The van der Waals surface area contributed by atoms with E-state index in [4.69, 9.17) is 9.49 Å². The lowest BCUT2D eigenvalue weighted by molar-refractivity contribution is -0.115. The zero-order valence-corrected chi connectivity index (χ0v) is 16.2. The van der Waals surface area contributed by atoms with Crippen LogP contribution in [0, 0.1) is 0 Å². The number of carbonyl (C=O) groups is 2. The summed E-state index contributed by atoms with van der Waals surface area (Å²) in [4.78, 5) is 29.2. The highest BCUT2D eigenvalue weighted by Gasteiger charge is 2.38. The molecular formula is C20H20BN3O6. The van der Waals surface area contributed by atoms with Crippen molar-refractivity contribution < 1.29 is 29.2 Å². The van der Waals surface area contributed by atoms with E-state index in [1.165, 1.54) is 13.2 Å². The Labute approximate surface area is 172 Å². The van der Waals surface area contributed by atoms with Crippen LogP contribution in [0.2, 0.25) is 0 Å². The second-order valence-electron chi connectivity index (χ2n) is 7.10. The maximum Gasteiger partial charge on any atom is 0.547 e. The highest BCUT2D eigenvalue weighted by molar-refractivity contribution is 6.50. The number of rotatable bonds is 5. The van der Waals surface area contributed by atoms with Gasteiger partial charge in [-0.3, -0.25) is 4.79 Å². The van der Waals surface area contributed by atoms with E-state index in [-0.39, 0.29) is 23.4 Å². The van der Waals surface area contributed by atoms with E-state index in [1.54, 1.807) is 18.2 Å². The minimum absolute atomic E-state index is 0.0373. The molecular weight excluding hydrogens is 389 g/mol. The first-order chi connectivity index (χ1) is 14.5. The van der Waals surface area contributed by atoms with Crippen LogP contribution in [0.5, 0.6) is 5.75 Å². The molecule has 2 aromatic rings. The fourth-order valence-electron chi connectivity index (χ4n) is 3.71. The van der Waals surface area contributed by atoms with Gasteiger partial charge in [0.1, 0.15) is 12.9 Å². The molecule has 0 radical (unpaired) electrons. The van der Waals surface area contributed by atoms with Crippen LogP contribution in [0.4, 0.5) is 0 Å². The zero-order chi connectivity index (χ0) is 21.3. The molecule has 10 heteroatoms. The maximum atomic E-state index is 12.9. The maximum absolute atomic E-state index is 12.9. The first-order valence-corrected chi connectivity index (χ1v) is 9.42. The Morgan fingerprint density at radius 1 is 1.23 bits per heavy atom. The van der Waals surface area contributed by atoms with Gasteiger partial charge in [-0.15, -0.1) is 0 Å². The van der Waals surface area contributed by atoms with E-state index in [0.29, 0.717) is 17.7 Å². The van der Waals surface area contributed by atoms with E-state index in [1.807, 2.05) is 12.1 Å². The van der Waals surface area contributed by atoms with E-state index in [9.17, 15) is 19.7 Å². The smallest absolute Gasteiger partial charge is 0.534 e. The Kier molecular flexibility index (Phi) is 5.43. The van der Waals surface area contributed by atoms with Crippen molar-refractivity contribution >= 4 is 24.7 Å². The summed E-state index contributed by atoms with van der Waals surface area (Å²) in [6.07, 6.45) is 0.206. The standard InChI is InChI=1S/C20H20BN3O6/c1-29-24-17(11-5-6-13-9-22-10-14(13)7-11)19(25)23-16-8-12-3-2-4-15(20(26)27)18(12)30-21(16)28/h2-7,16,22,28H,8-10H2,1H3,(H,23,25)(H,26,27)/b24-17-/t16-/m0/s1. The molecule has 0 unspecified atom stereocenters. The van der Waals surface area contributed by atoms with Crippen molar-refractivity contribution in [1.82, 2.24) is 10.6 Å². The fourth-order valence-corrected chi connectivity index (χ4v) is 3.71. The highest BCUT2D eigenvalue weighted by Crippen LogP contribution is 2.30. The number of aromatic carboxylic acids is 1. The minimum atomic E-state index is -1.41. The number of hydrogen-bond acceptors (Lipinski definition) is 7. The number of hydrogen-bond donors (Lipinski definition) is 4. The summed E-state index contributed by atoms with van der Waals surface area (Å²) in [6.45, 7) is 1.49. The Bertz CT molecular complexity index is 1040. The van der Waals surface area contributed by atoms with Gasteiger partial charge in [-0.25, -0.2) is 4.79 Å². The quantitative estimate of drug-likeness (QED) is 0.321. The number of nitrogens with one attached hydrogen (secondary N) is 2. The molecule has 0 fully saturated rings. The summed E-state index contributed by atoms with van der Waals surface area (Å²) in [5.74, 6) is -2.36. The highest BCUT2D eigenvalue weighted by atomic mass is 16.6. The number of carbonyl (C=O) groups excluding carboxylic acids is 1. The number of nitrogens with zero attached hydrogens (tertiary/aromatic N) is 1. The second kappa shape index (κ2) is 8.17. The lowest BCUT2D eigenvalue weighted by Crippen LogP contribution is -2.54. The van der Waals surface area contributed by atoms with Gasteiger partial charge in [0, 0.05) is 18.7 Å². The van der Waals surface area contributed by atoms with Crippen molar-refractivity contribution in [2.45, 2.75) is 25.5 Å². The van der Waals surface area contributed by atoms with Crippen molar-refractivity contribution in [3.63, 3.8) is 0 Å². The number of fused-ring (bicyclic) bond motifs is 2. The van der Waals surface area contributed by atoms with Crippen LogP contribution in [0.15, 0.2) is 41.6 Å². The first kappa shape index (κ1) is 19.9. The lowest BCUT2D eigenvalue weighted by Gasteiger charge is -2.29. The third kappa shape index (κ3) is 3.74. The Hall–Kier alpha value is -3.37. The van der Waals surface area contributed by atoms with Gasteiger partial charge >= 0.3 is 13.1 Å². The number of benzene rings is 2. The number of carboxylic acid groups (broad SMARTS) is 1. The molecule has 0 aromatic heterocycles. The molecule has 2 aromatic carbocycles. The number of para-hydroxylation sites is 1. The molecule has 0 saturated heterocycles. The van der Waals surface area contributed by atoms with Crippen molar-refractivity contribution in [3.8, 4) is 5.75 Å². The largest absolute Gasteiger partial charge is 0.547 e. The van der Waals surface area contributed by atoms with Gasteiger partial charge in [0.15, 0.2) is 5.71 Å². The minimum Gasteiger partial charge on any atom is -0.534 e. The van der Waals surface area contributed by atoms with E-state index in [2.05, 4.69) is 15.8 Å². The normalized spacial score (nSPS) is 17.6. The van der Waals surface area contributed by atoms with Crippen LogP contribution in [0.3, 0.4) is 0 Å². The molecule has 2 aliphatic rings. The molecule has 4 rings (SSSR count). The number of carboxylic acids is 1. The molecule has 30 heavy (non-hydrogen) atoms. The Morgan fingerprint density at radius 2 is 2.03 bits per heavy atom. The van der Waals surface area contributed by atoms with Gasteiger partial charge in [0.2, 0.25) is 0 Å². The third-order valence-electron chi connectivity index (χ3n) is 5.17. The van der Waals surface area contributed by atoms with Crippen LogP contribution in [-0.2, 0) is 29.1 Å². The predicted octanol–water partition coefficient (Wildman–Crippen LogP) is 0.478. The first-order valence-electron chi connectivity index (χ1n) is 9.42. The molecule has 2 heterocycles.